The second kappa shape index (κ2) is 13.1. The molecule has 8 nitrogen and oxygen atoms in total. The number of hydrogen-bond acceptors (Lipinski definition) is 7. The van der Waals surface area contributed by atoms with Crippen LogP contribution in [0.5, 0.6) is 0 Å². The summed E-state index contributed by atoms with van der Waals surface area (Å²) in [7, 11) is 0. The second-order valence-electron chi connectivity index (χ2n) is 9.54. The van der Waals surface area contributed by atoms with Crippen molar-refractivity contribution in [2.24, 2.45) is 0 Å². The van der Waals surface area contributed by atoms with E-state index in [1.165, 1.54) is 0 Å². The van der Waals surface area contributed by atoms with Gasteiger partial charge in [0.05, 0.1) is 6.54 Å². The molecule has 0 aliphatic heterocycles. The van der Waals surface area contributed by atoms with Crippen LogP contribution in [0.3, 0.4) is 0 Å². The highest BCUT2D eigenvalue weighted by Gasteiger charge is 2.26. The van der Waals surface area contributed by atoms with Crippen molar-refractivity contribution in [1.82, 2.24) is 10.6 Å². The molecule has 2 N–H and O–H groups in total. The molecule has 0 radical (unpaired) electrons. The van der Waals surface area contributed by atoms with Crippen LogP contribution in [0, 0.1) is 0 Å². The van der Waals surface area contributed by atoms with Gasteiger partial charge in [0.2, 0.25) is 0 Å². The Balaban J connectivity index is 2.40. The minimum Gasteiger partial charge on any atom is -0.459 e. The summed E-state index contributed by atoms with van der Waals surface area (Å²) < 4.78 is 15.9. The molecular weight excluding hydrogens is 412 g/mol. The van der Waals surface area contributed by atoms with Crippen LogP contribution >= 0.6 is 0 Å². The van der Waals surface area contributed by atoms with Crippen molar-refractivity contribution in [3.8, 4) is 0 Å². The normalized spacial score (nSPS) is 12.6. The molecule has 1 rings (SSSR count). The molecule has 0 unspecified atom stereocenters. The van der Waals surface area contributed by atoms with Gasteiger partial charge in [0.25, 0.3) is 0 Å². The van der Waals surface area contributed by atoms with Gasteiger partial charge in [-0.25, -0.2) is 4.79 Å². The Morgan fingerprint density at radius 2 is 1.53 bits per heavy atom. The average Bonchev–Trinajstić information content (AvgIpc) is 2.66. The summed E-state index contributed by atoms with van der Waals surface area (Å²) >= 11 is 0. The van der Waals surface area contributed by atoms with Crippen molar-refractivity contribution in [3.63, 3.8) is 0 Å². The fourth-order valence-corrected chi connectivity index (χ4v) is 2.70. The number of alkyl carbamates (subject to hydrolysis) is 1. The van der Waals surface area contributed by atoms with E-state index in [4.69, 9.17) is 14.2 Å². The maximum Gasteiger partial charge on any atom is 0.407 e. The second-order valence-corrected chi connectivity index (χ2v) is 9.54. The first-order valence-electron chi connectivity index (χ1n) is 11.0. The van der Waals surface area contributed by atoms with Gasteiger partial charge in [-0.2, -0.15) is 0 Å². The van der Waals surface area contributed by atoms with Crippen molar-refractivity contribution >= 4 is 18.0 Å². The Labute approximate surface area is 191 Å². The zero-order valence-corrected chi connectivity index (χ0v) is 20.2. The zero-order chi connectivity index (χ0) is 24.2. The van der Waals surface area contributed by atoms with Gasteiger partial charge in [-0.05, 0) is 66.4 Å². The lowest BCUT2D eigenvalue weighted by Gasteiger charge is -2.25. The highest BCUT2D eigenvalue weighted by Crippen LogP contribution is 2.12. The molecule has 0 aromatic heterocycles. The lowest BCUT2D eigenvalue weighted by atomic mass is 10.1. The van der Waals surface area contributed by atoms with Gasteiger partial charge in [-0.1, -0.05) is 30.3 Å². The van der Waals surface area contributed by atoms with Crippen LogP contribution in [0.4, 0.5) is 4.79 Å². The first-order chi connectivity index (χ1) is 14.9. The molecule has 180 valence electrons. The molecule has 1 atom stereocenters. The summed E-state index contributed by atoms with van der Waals surface area (Å²) in [4.78, 5) is 36.3. The smallest absolute Gasteiger partial charge is 0.407 e. The third-order valence-corrected chi connectivity index (χ3v) is 4.01. The van der Waals surface area contributed by atoms with Crippen LogP contribution in [0.15, 0.2) is 30.3 Å². The molecule has 8 heteroatoms. The van der Waals surface area contributed by atoms with Gasteiger partial charge >= 0.3 is 18.0 Å². The molecule has 0 fully saturated rings. The number of nitrogens with one attached hydrogen (secondary N) is 2. The van der Waals surface area contributed by atoms with Crippen molar-refractivity contribution in [2.45, 2.75) is 84.7 Å². The number of esters is 2. The number of benzene rings is 1. The molecule has 0 aliphatic rings. The first kappa shape index (κ1) is 27.4. The third-order valence-electron chi connectivity index (χ3n) is 4.01. The molecule has 0 spiro atoms. The number of ether oxygens (including phenoxy) is 3. The quantitative estimate of drug-likeness (QED) is 0.301. The standard InChI is InChI=1S/C24H38N2O6/c1-23(2,3)31-20(27)16-26-19(21(28)32-24(4,5)6)14-10-11-15-25-22(29)30-17-18-12-8-7-9-13-18/h7-9,12-13,19,26H,10-11,14-17H2,1-6H3,(H,25,29)/t19-/m1/s1. The first-order valence-corrected chi connectivity index (χ1v) is 11.0. The summed E-state index contributed by atoms with van der Waals surface area (Å²) in [6, 6.07) is 8.79. The Kier molecular flexibility index (Phi) is 11.2. The minimum absolute atomic E-state index is 0.0920. The largest absolute Gasteiger partial charge is 0.459 e. The van der Waals surface area contributed by atoms with E-state index in [0.717, 1.165) is 5.56 Å². The van der Waals surface area contributed by atoms with Crippen LogP contribution in [-0.2, 0) is 30.4 Å². The maximum atomic E-state index is 12.5. The van der Waals surface area contributed by atoms with E-state index >= 15 is 0 Å². The molecule has 1 aromatic rings. The van der Waals surface area contributed by atoms with Crippen molar-refractivity contribution in [3.05, 3.63) is 35.9 Å². The Morgan fingerprint density at radius 3 is 2.12 bits per heavy atom. The lowest BCUT2D eigenvalue weighted by molar-refractivity contribution is -0.158. The SMILES string of the molecule is CC(C)(C)OC(=O)CN[C@H](CCCCNC(=O)OCc1ccccc1)C(=O)OC(C)(C)C. The Hall–Kier alpha value is -2.61. The predicted molar refractivity (Wildman–Crippen MR) is 122 cm³/mol. The van der Waals surface area contributed by atoms with Crippen molar-refractivity contribution < 1.29 is 28.6 Å². The fourth-order valence-electron chi connectivity index (χ4n) is 2.70. The van der Waals surface area contributed by atoms with E-state index < -0.39 is 35.3 Å². The lowest BCUT2D eigenvalue weighted by Crippen LogP contribution is -2.44. The van der Waals surface area contributed by atoms with Crippen LogP contribution in [0.1, 0.15) is 66.4 Å². The van der Waals surface area contributed by atoms with Gasteiger partial charge in [0, 0.05) is 6.54 Å². The topological polar surface area (TPSA) is 103 Å². The number of unbranched alkanes of at least 4 members (excludes halogenated alkanes) is 1. The molecule has 0 heterocycles. The van der Waals surface area contributed by atoms with Gasteiger partial charge in [0.15, 0.2) is 0 Å². The van der Waals surface area contributed by atoms with Crippen LogP contribution in [0.2, 0.25) is 0 Å². The number of carbonyl (C=O) groups is 3. The van der Waals surface area contributed by atoms with Gasteiger partial charge in [-0.15, -0.1) is 0 Å². The molecule has 1 aromatic carbocycles. The zero-order valence-electron chi connectivity index (χ0n) is 20.2. The summed E-state index contributed by atoms with van der Waals surface area (Å²) in [5.74, 6) is -0.856. The molecule has 0 bridgehead atoms. The monoisotopic (exact) mass is 450 g/mol. The molecule has 1 amide bonds. The van der Waals surface area contributed by atoms with Crippen molar-refractivity contribution in [2.75, 3.05) is 13.1 Å². The van der Waals surface area contributed by atoms with E-state index in [1.807, 2.05) is 30.3 Å². The summed E-state index contributed by atoms with van der Waals surface area (Å²) in [6.45, 7) is 11.3. The number of hydrogen-bond donors (Lipinski definition) is 2. The van der Waals surface area contributed by atoms with E-state index in [2.05, 4.69) is 10.6 Å². The average molecular weight is 451 g/mol. The Bertz CT molecular complexity index is 722. The molecule has 0 saturated heterocycles. The highest BCUT2D eigenvalue weighted by atomic mass is 16.6. The summed E-state index contributed by atoms with van der Waals surface area (Å²) in [5, 5.41) is 5.64. The Morgan fingerprint density at radius 1 is 0.906 bits per heavy atom. The molecule has 32 heavy (non-hydrogen) atoms. The van der Waals surface area contributed by atoms with E-state index in [9.17, 15) is 14.4 Å². The maximum absolute atomic E-state index is 12.5. The van der Waals surface area contributed by atoms with E-state index in [0.29, 0.717) is 25.8 Å². The third kappa shape index (κ3) is 13.6. The highest BCUT2D eigenvalue weighted by molar-refractivity contribution is 5.78. The van der Waals surface area contributed by atoms with Crippen LogP contribution < -0.4 is 10.6 Å². The van der Waals surface area contributed by atoms with Crippen LogP contribution in [0.25, 0.3) is 0 Å². The summed E-state index contributed by atoms with van der Waals surface area (Å²) in [5.41, 5.74) is -0.313. The molecular formula is C24H38N2O6. The molecule has 0 aliphatic carbocycles. The fraction of sp³-hybridized carbons (Fsp3) is 0.625. The number of amides is 1. The minimum atomic E-state index is -0.647. The number of carbonyl (C=O) groups excluding carboxylic acids is 3. The van der Waals surface area contributed by atoms with E-state index in [-0.39, 0.29) is 13.2 Å². The van der Waals surface area contributed by atoms with Gasteiger partial charge in [0.1, 0.15) is 23.9 Å². The van der Waals surface area contributed by atoms with Crippen LogP contribution in [-0.4, -0.2) is 48.4 Å². The van der Waals surface area contributed by atoms with Crippen molar-refractivity contribution in [1.29, 1.82) is 0 Å². The summed E-state index contributed by atoms with van der Waals surface area (Å²) in [6.07, 6.45) is 1.26. The van der Waals surface area contributed by atoms with Gasteiger partial charge < -0.3 is 19.5 Å². The predicted octanol–water partition coefficient (Wildman–Crippen LogP) is 3.72. The van der Waals surface area contributed by atoms with E-state index in [1.54, 1.807) is 41.5 Å². The number of rotatable bonds is 11. The molecule has 0 saturated carbocycles. The van der Waals surface area contributed by atoms with Gasteiger partial charge in [-0.3, -0.25) is 14.9 Å².